The van der Waals surface area contributed by atoms with Crippen LogP contribution >= 0.6 is 0 Å². The van der Waals surface area contributed by atoms with Gasteiger partial charge in [-0.3, -0.25) is 9.80 Å². The Morgan fingerprint density at radius 2 is 2.12 bits per heavy atom. The number of hydrogen-bond acceptors (Lipinski definition) is 4. The minimum Gasteiger partial charge on any atom is -0.494 e. The van der Waals surface area contributed by atoms with E-state index in [0.717, 1.165) is 37.9 Å². The summed E-state index contributed by atoms with van der Waals surface area (Å²) in [6.07, 6.45) is 2.73. The van der Waals surface area contributed by atoms with Gasteiger partial charge in [-0.25, -0.2) is 0 Å². The third kappa shape index (κ3) is 4.71. The van der Waals surface area contributed by atoms with Crippen LogP contribution in [0.1, 0.15) is 32.3 Å². The van der Waals surface area contributed by atoms with E-state index < -0.39 is 0 Å². The van der Waals surface area contributed by atoms with Gasteiger partial charge in [-0.1, -0.05) is 18.2 Å². The van der Waals surface area contributed by atoms with Gasteiger partial charge < -0.3 is 10.1 Å². The minimum absolute atomic E-state index is 0.639. The number of benzene rings is 1. The van der Waals surface area contributed by atoms with Crippen molar-refractivity contribution in [2.45, 2.75) is 39.3 Å². The van der Waals surface area contributed by atoms with Gasteiger partial charge in [0.1, 0.15) is 5.75 Å². The van der Waals surface area contributed by atoms with Crippen molar-refractivity contribution in [1.82, 2.24) is 15.1 Å². The Labute approximate surface area is 147 Å². The second kappa shape index (κ2) is 8.84. The maximum atomic E-state index is 5.78. The summed E-state index contributed by atoms with van der Waals surface area (Å²) < 4.78 is 5.78. The molecular weight excluding hydrogens is 298 g/mol. The van der Waals surface area contributed by atoms with E-state index in [1.807, 2.05) is 0 Å². The molecule has 0 bridgehead atoms. The average molecular weight is 332 g/mol. The van der Waals surface area contributed by atoms with Crippen LogP contribution in [0.15, 0.2) is 24.3 Å². The first-order chi connectivity index (χ1) is 11.8. The van der Waals surface area contributed by atoms with Crippen molar-refractivity contribution in [3.63, 3.8) is 0 Å². The van der Waals surface area contributed by atoms with Crippen molar-refractivity contribution < 1.29 is 4.74 Å². The van der Waals surface area contributed by atoms with Crippen LogP contribution in [0.4, 0.5) is 0 Å². The Hall–Kier alpha value is -1.10. The molecule has 2 aliphatic rings. The molecule has 3 rings (SSSR count). The first-order valence-corrected chi connectivity index (χ1v) is 9.64. The smallest absolute Gasteiger partial charge is 0.123 e. The van der Waals surface area contributed by atoms with E-state index in [4.69, 9.17) is 4.74 Å². The Kier molecular flexibility index (Phi) is 6.52. The second-order valence-electron chi connectivity index (χ2n) is 7.33. The lowest BCUT2D eigenvalue weighted by Gasteiger charge is -2.42. The zero-order chi connectivity index (χ0) is 16.8. The fourth-order valence-electron chi connectivity index (χ4n) is 4.07. The molecule has 0 amide bonds. The van der Waals surface area contributed by atoms with E-state index in [9.17, 15) is 0 Å². The SMILES string of the molecule is CCOc1ccccc1CN1CCN(CC2CCCNC2)C(C)C1. The van der Waals surface area contributed by atoms with E-state index in [2.05, 4.69) is 53.2 Å². The highest BCUT2D eigenvalue weighted by molar-refractivity contribution is 5.33. The first-order valence-electron chi connectivity index (χ1n) is 9.64. The number of nitrogens with one attached hydrogen (secondary N) is 1. The number of nitrogens with zero attached hydrogens (tertiary/aromatic N) is 2. The summed E-state index contributed by atoms with van der Waals surface area (Å²) in [5, 5.41) is 3.55. The van der Waals surface area contributed by atoms with Crippen LogP contribution in [0.2, 0.25) is 0 Å². The molecule has 2 heterocycles. The molecule has 0 saturated carbocycles. The van der Waals surface area contributed by atoms with Crippen LogP contribution in [0.25, 0.3) is 0 Å². The lowest BCUT2D eigenvalue weighted by atomic mass is 9.98. The Morgan fingerprint density at radius 3 is 2.88 bits per heavy atom. The summed E-state index contributed by atoms with van der Waals surface area (Å²) in [4.78, 5) is 5.28. The van der Waals surface area contributed by atoms with Gasteiger partial charge in [0.05, 0.1) is 6.61 Å². The fourth-order valence-corrected chi connectivity index (χ4v) is 4.07. The van der Waals surface area contributed by atoms with Gasteiger partial charge in [-0.15, -0.1) is 0 Å². The van der Waals surface area contributed by atoms with E-state index >= 15 is 0 Å². The molecule has 0 aliphatic carbocycles. The van der Waals surface area contributed by atoms with Crippen molar-refractivity contribution >= 4 is 0 Å². The molecule has 1 N–H and O–H groups in total. The van der Waals surface area contributed by atoms with Crippen LogP contribution in [0.5, 0.6) is 5.75 Å². The third-order valence-corrected chi connectivity index (χ3v) is 5.41. The van der Waals surface area contributed by atoms with Gasteiger partial charge in [0.25, 0.3) is 0 Å². The first kappa shape index (κ1) is 17.7. The lowest BCUT2D eigenvalue weighted by Crippen LogP contribution is -2.53. The molecule has 1 aromatic carbocycles. The number of ether oxygens (including phenoxy) is 1. The molecule has 4 nitrogen and oxygen atoms in total. The molecule has 0 aromatic heterocycles. The molecule has 2 aliphatic heterocycles. The number of piperidine rings is 1. The van der Waals surface area contributed by atoms with Crippen molar-refractivity contribution in [2.24, 2.45) is 5.92 Å². The molecular formula is C20H33N3O. The standard InChI is InChI=1S/C20H33N3O/c1-3-24-20-9-5-4-8-19(20)16-22-11-12-23(17(2)14-22)15-18-7-6-10-21-13-18/h4-5,8-9,17-18,21H,3,6-7,10-16H2,1-2H3. The Balaban J connectivity index is 1.52. The summed E-state index contributed by atoms with van der Waals surface area (Å²) in [5.41, 5.74) is 1.32. The molecule has 2 atom stereocenters. The zero-order valence-corrected chi connectivity index (χ0v) is 15.3. The quantitative estimate of drug-likeness (QED) is 0.867. The topological polar surface area (TPSA) is 27.7 Å². The third-order valence-electron chi connectivity index (χ3n) is 5.41. The van der Waals surface area contributed by atoms with E-state index in [0.29, 0.717) is 6.04 Å². The highest BCUT2D eigenvalue weighted by atomic mass is 16.5. The summed E-state index contributed by atoms with van der Waals surface area (Å²) >= 11 is 0. The summed E-state index contributed by atoms with van der Waals surface area (Å²) in [6.45, 7) is 13.3. The molecule has 0 radical (unpaired) electrons. The number of para-hydroxylation sites is 1. The molecule has 2 saturated heterocycles. The predicted octanol–water partition coefficient (Wildman–Crippen LogP) is 2.59. The highest BCUT2D eigenvalue weighted by Gasteiger charge is 2.26. The Morgan fingerprint density at radius 1 is 1.25 bits per heavy atom. The van der Waals surface area contributed by atoms with Crippen LogP contribution in [-0.4, -0.2) is 61.7 Å². The maximum Gasteiger partial charge on any atom is 0.123 e. The van der Waals surface area contributed by atoms with Crippen LogP contribution in [-0.2, 0) is 6.54 Å². The average Bonchev–Trinajstić information content (AvgIpc) is 2.60. The predicted molar refractivity (Wildman–Crippen MR) is 99.5 cm³/mol. The summed E-state index contributed by atoms with van der Waals surface area (Å²) in [7, 11) is 0. The number of rotatable bonds is 6. The fraction of sp³-hybridized carbons (Fsp3) is 0.700. The van der Waals surface area contributed by atoms with Crippen LogP contribution < -0.4 is 10.1 Å². The summed E-state index contributed by atoms with van der Waals surface area (Å²) in [5.74, 6) is 1.88. The molecule has 4 heteroatoms. The van der Waals surface area contributed by atoms with Crippen LogP contribution in [0, 0.1) is 5.92 Å². The van der Waals surface area contributed by atoms with Gasteiger partial charge in [-0.2, -0.15) is 0 Å². The Bertz CT molecular complexity index is 501. The molecule has 24 heavy (non-hydrogen) atoms. The lowest BCUT2D eigenvalue weighted by molar-refractivity contribution is 0.0623. The number of piperazine rings is 1. The second-order valence-corrected chi connectivity index (χ2v) is 7.33. The zero-order valence-electron chi connectivity index (χ0n) is 15.3. The van der Waals surface area contributed by atoms with Gasteiger partial charge in [0.15, 0.2) is 0 Å². The van der Waals surface area contributed by atoms with E-state index in [-0.39, 0.29) is 0 Å². The van der Waals surface area contributed by atoms with Crippen LogP contribution in [0.3, 0.4) is 0 Å². The van der Waals surface area contributed by atoms with Gasteiger partial charge in [0.2, 0.25) is 0 Å². The van der Waals surface area contributed by atoms with Crippen molar-refractivity contribution in [3.05, 3.63) is 29.8 Å². The number of hydrogen-bond donors (Lipinski definition) is 1. The van der Waals surface area contributed by atoms with E-state index in [1.165, 1.54) is 44.6 Å². The highest BCUT2D eigenvalue weighted by Crippen LogP contribution is 2.22. The van der Waals surface area contributed by atoms with E-state index in [1.54, 1.807) is 0 Å². The van der Waals surface area contributed by atoms with Gasteiger partial charge >= 0.3 is 0 Å². The monoisotopic (exact) mass is 331 g/mol. The molecule has 134 valence electrons. The molecule has 2 fully saturated rings. The van der Waals surface area contributed by atoms with Crippen molar-refractivity contribution in [3.8, 4) is 5.75 Å². The summed E-state index contributed by atoms with van der Waals surface area (Å²) in [6, 6.07) is 9.12. The van der Waals surface area contributed by atoms with Gasteiger partial charge in [0, 0.05) is 44.3 Å². The largest absolute Gasteiger partial charge is 0.494 e. The molecule has 0 spiro atoms. The minimum atomic E-state index is 0.639. The normalized spacial score (nSPS) is 26.4. The molecule has 2 unspecified atom stereocenters. The van der Waals surface area contributed by atoms with Crippen molar-refractivity contribution in [1.29, 1.82) is 0 Å². The molecule has 1 aromatic rings. The maximum absolute atomic E-state index is 5.78. The van der Waals surface area contributed by atoms with Crippen molar-refractivity contribution in [2.75, 3.05) is 45.9 Å². The van der Waals surface area contributed by atoms with Gasteiger partial charge in [-0.05, 0) is 51.8 Å².